The number of aldehydes is 1. The molecule has 2 aromatic rings. The lowest BCUT2D eigenvalue weighted by atomic mass is 10.00. The van der Waals surface area contributed by atoms with Gasteiger partial charge >= 0.3 is 0 Å². The zero-order valence-electron chi connectivity index (χ0n) is 15.4. The number of nitrogen functional groups attached to an aromatic ring is 1. The Kier molecular flexibility index (Phi) is 7.36. The molecule has 0 bridgehead atoms. The average Bonchev–Trinajstić information content (AvgIpc) is 2.63. The molecule has 0 aliphatic carbocycles. The molecule has 0 saturated carbocycles. The van der Waals surface area contributed by atoms with Crippen molar-refractivity contribution in [3.8, 4) is 0 Å². The molecule has 0 fully saturated rings. The quantitative estimate of drug-likeness (QED) is 0.367. The summed E-state index contributed by atoms with van der Waals surface area (Å²) in [5, 5.41) is 6.24. The number of hydrogen-bond acceptors (Lipinski definition) is 4. The highest BCUT2D eigenvalue weighted by Gasteiger charge is 2.05. The number of carbonyl (C=O) groups is 2. The Morgan fingerprint density at radius 2 is 1.96 bits per heavy atom. The average molecular weight is 353 g/mol. The second-order valence-corrected chi connectivity index (χ2v) is 6.69. The van der Waals surface area contributed by atoms with Gasteiger partial charge in [0, 0.05) is 29.9 Å². The Balaban J connectivity index is 1.71. The number of rotatable bonds is 9. The Labute approximate surface area is 155 Å². The van der Waals surface area contributed by atoms with Crippen LogP contribution < -0.4 is 16.4 Å². The van der Waals surface area contributed by atoms with Gasteiger partial charge in [0.1, 0.15) is 6.29 Å². The Morgan fingerprint density at radius 1 is 1.15 bits per heavy atom. The van der Waals surface area contributed by atoms with Crippen molar-refractivity contribution in [3.05, 3.63) is 64.7 Å². The van der Waals surface area contributed by atoms with Crippen LogP contribution in [0.15, 0.2) is 42.5 Å². The van der Waals surface area contributed by atoms with Crippen molar-refractivity contribution >= 4 is 17.9 Å². The molecule has 26 heavy (non-hydrogen) atoms. The highest BCUT2D eigenvalue weighted by Crippen LogP contribution is 2.19. The number of nitrogens with one attached hydrogen (secondary N) is 2. The summed E-state index contributed by atoms with van der Waals surface area (Å²) in [6, 6.07) is 12.9. The second-order valence-electron chi connectivity index (χ2n) is 6.69. The molecule has 0 saturated heterocycles. The fourth-order valence-electron chi connectivity index (χ4n) is 2.68. The van der Waals surface area contributed by atoms with Gasteiger partial charge in [0.2, 0.25) is 0 Å². The lowest BCUT2D eigenvalue weighted by Crippen LogP contribution is -2.27. The molecule has 2 aromatic carbocycles. The fourth-order valence-corrected chi connectivity index (χ4v) is 2.68. The van der Waals surface area contributed by atoms with Crippen LogP contribution in [-0.2, 0) is 6.54 Å². The van der Waals surface area contributed by atoms with Gasteiger partial charge in [-0.2, -0.15) is 0 Å². The van der Waals surface area contributed by atoms with Crippen LogP contribution >= 0.6 is 0 Å². The van der Waals surface area contributed by atoms with Crippen molar-refractivity contribution in [1.82, 2.24) is 10.6 Å². The zero-order chi connectivity index (χ0) is 18.9. The van der Waals surface area contributed by atoms with Crippen LogP contribution in [0, 0.1) is 0 Å². The number of anilines is 1. The first-order chi connectivity index (χ1) is 12.5. The number of carbonyl (C=O) groups excluding carboxylic acids is 2. The van der Waals surface area contributed by atoms with Gasteiger partial charge in [-0.3, -0.25) is 9.59 Å². The number of amides is 1. The molecule has 5 heteroatoms. The van der Waals surface area contributed by atoms with Crippen LogP contribution in [0.3, 0.4) is 0 Å². The molecular weight excluding hydrogens is 326 g/mol. The van der Waals surface area contributed by atoms with Crippen LogP contribution in [0.4, 0.5) is 5.69 Å². The summed E-state index contributed by atoms with van der Waals surface area (Å²) in [6.45, 7) is 6.42. The van der Waals surface area contributed by atoms with Crippen LogP contribution in [-0.4, -0.2) is 25.3 Å². The molecular formula is C21H27N3O2. The number of hydrogen-bond donors (Lipinski definition) is 3. The smallest absolute Gasteiger partial charge is 0.251 e. The number of benzene rings is 2. The minimum absolute atomic E-state index is 0.161. The van der Waals surface area contributed by atoms with Gasteiger partial charge in [-0.05, 0) is 54.3 Å². The number of nitrogens with two attached hydrogens (primary N) is 1. The van der Waals surface area contributed by atoms with E-state index in [4.69, 9.17) is 5.73 Å². The van der Waals surface area contributed by atoms with E-state index in [-0.39, 0.29) is 5.91 Å². The van der Waals surface area contributed by atoms with E-state index in [2.05, 4.69) is 30.5 Å². The van der Waals surface area contributed by atoms with Crippen molar-refractivity contribution in [3.63, 3.8) is 0 Å². The normalized spacial score (nSPS) is 10.7. The van der Waals surface area contributed by atoms with Gasteiger partial charge < -0.3 is 16.4 Å². The summed E-state index contributed by atoms with van der Waals surface area (Å²) < 4.78 is 0. The van der Waals surface area contributed by atoms with Crippen molar-refractivity contribution in [2.45, 2.75) is 32.7 Å². The Hall–Kier alpha value is -2.66. The van der Waals surface area contributed by atoms with E-state index >= 15 is 0 Å². The minimum Gasteiger partial charge on any atom is -0.399 e. The van der Waals surface area contributed by atoms with Gasteiger partial charge in [0.15, 0.2) is 0 Å². The minimum atomic E-state index is -0.161. The Bertz CT molecular complexity index is 757. The van der Waals surface area contributed by atoms with Gasteiger partial charge in [0.05, 0.1) is 0 Å². The Morgan fingerprint density at radius 3 is 2.69 bits per heavy atom. The molecule has 0 aliphatic heterocycles. The van der Waals surface area contributed by atoms with E-state index in [0.717, 1.165) is 31.5 Å². The second kappa shape index (κ2) is 9.73. The van der Waals surface area contributed by atoms with E-state index in [0.29, 0.717) is 23.6 Å². The van der Waals surface area contributed by atoms with Crippen LogP contribution in [0.2, 0.25) is 0 Å². The lowest BCUT2D eigenvalue weighted by molar-refractivity contribution is 0.0953. The fraction of sp³-hybridized carbons (Fsp3) is 0.333. The van der Waals surface area contributed by atoms with Crippen molar-refractivity contribution in [2.24, 2.45) is 0 Å². The summed E-state index contributed by atoms with van der Waals surface area (Å²) in [5.74, 6) is 0.288. The van der Waals surface area contributed by atoms with Gasteiger partial charge in [-0.15, -0.1) is 0 Å². The molecule has 0 unspecified atom stereocenters. The molecule has 5 nitrogen and oxygen atoms in total. The molecule has 4 N–H and O–H groups in total. The molecule has 2 rings (SSSR count). The maximum Gasteiger partial charge on any atom is 0.251 e. The van der Waals surface area contributed by atoms with E-state index in [1.54, 1.807) is 24.3 Å². The predicted molar refractivity (Wildman–Crippen MR) is 105 cm³/mol. The summed E-state index contributed by atoms with van der Waals surface area (Å²) in [7, 11) is 0. The summed E-state index contributed by atoms with van der Waals surface area (Å²) in [4.78, 5) is 22.8. The molecule has 0 radical (unpaired) electrons. The standard InChI is InChI=1S/C21H27N3O2/c1-15(2)19-10-17(11-20(22)12-19)13-23-7-4-8-24-21(26)18-6-3-5-16(9-18)14-25/h3,5-6,9-12,14-15,23H,4,7-8,13,22H2,1-2H3,(H,24,26). The summed E-state index contributed by atoms with van der Waals surface area (Å²) in [5.41, 5.74) is 10.2. The van der Waals surface area contributed by atoms with Gasteiger partial charge in [-0.1, -0.05) is 32.0 Å². The topological polar surface area (TPSA) is 84.2 Å². The van der Waals surface area contributed by atoms with Crippen LogP contribution in [0.1, 0.15) is 58.0 Å². The molecule has 0 aliphatic rings. The third kappa shape index (κ3) is 6.01. The van der Waals surface area contributed by atoms with E-state index in [1.165, 1.54) is 11.1 Å². The summed E-state index contributed by atoms with van der Waals surface area (Å²) in [6.07, 6.45) is 1.56. The molecule has 1 amide bonds. The largest absolute Gasteiger partial charge is 0.399 e. The third-order valence-electron chi connectivity index (χ3n) is 4.13. The van der Waals surface area contributed by atoms with Crippen LogP contribution in [0.25, 0.3) is 0 Å². The zero-order valence-corrected chi connectivity index (χ0v) is 15.4. The molecule has 138 valence electrons. The first-order valence-electron chi connectivity index (χ1n) is 8.93. The SMILES string of the molecule is CC(C)c1cc(N)cc(CNCCCNC(=O)c2cccc(C=O)c2)c1. The molecule has 0 atom stereocenters. The predicted octanol–water partition coefficient (Wildman–Crippen LogP) is 3.11. The maximum absolute atomic E-state index is 12.0. The van der Waals surface area contributed by atoms with E-state index in [1.807, 2.05) is 12.1 Å². The van der Waals surface area contributed by atoms with E-state index in [9.17, 15) is 9.59 Å². The van der Waals surface area contributed by atoms with Crippen molar-refractivity contribution < 1.29 is 9.59 Å². The first kappa shape index (κ1) is 19.7. The molecule has 0 aromatic heterocycles. The first-order valence-corrected chi connectivity index (χ1v) is 8.93. The van der Waals surface area contributed by atoms with Crippen LogP contribution in [0.5, 0.6) is 0 Å². The highest BCUT2D eigenvalue weighted by molar-refractivity contribution is 5.95. The van der Waals surface area contributed by atoms with E-state index < -0.39 is 0 Å². The summed E-state index contributed by atoms with van der Waals surface area (Å²) >= 11 is 0. The monoisotopic (exact) mass is 353 g/mol. The maximum atomic E-state index is 12.0. The highest BCUT2D eigenvalue weighted by atomic mass is 16.1. The van der Waals surface area contributed by atoms with Crippen molar-refractivity contribution in [2.75, 3.05) is 18.8 Å². The van der Waals surface area contributed by atoms with Gasteiger partial charge in [0.25, 0.3) is 5.91 Å². The third-order valence-corrected chi connectivity index (χ3v) is 4.13. The van der Waals surface area contributed by atoms with Crippen molar-refractivity contribution in [1.29, 1.82) is 0 Å². The molecule has 0 spiro atoms. The lowest BCUT2D eigenvalue weighted by Gasteiger charge is -2.11. The molecule has 0 heterocycles. The van der Waals surface area contributed by atoms with Gasteiger partial charge in [-0.25, -0.2) is 0 Å².